The summed E-state index contributed by atoms with van der Waals surface area (Å²) in [6, 6.07) is 6.77. The molecule has 1 atom stereocenters. The highest BCUT2D eigenvalue weighted by Gasteiger charge is 2.32. The molecule has 1 aromatic rings. The Balaban J connectivity index is 2.54. The number of benzene rings is 1. The van der Waals surface area contributed by atoms with Crippen molar-refractivity contribution in [2.24, 2.45) is 0 Å². The number of nitrogens with zero attached hydrogens (tertiary/aromatic N) is 1. The second-order valence-corrected chi connectivity index (χ2v) is 5.65. The average Bonchev–Trinajstić information content (AvgIpc) is 2.37. The molecule has 1 aliphatic heterocycles. The number of carbonyl (C=O) groups is 2. The molecule has 2 N–H and O–H groups in total. The van der Waals surface area contributed by atoms with Crippen molar-refractivity contribution in [2.45, 2.75) is 13.0 Å². The van der Waals surface area contributed by atoms with E-state index >= 15 is 0 Å². The van der Waals surface area contributed by atoms with Gasteiger partial charge in [0.2, 0.25) is 0 Å². The van der Waals surface area contributed by atoms with Crippen LogP contribution in [0, 0.1) is 0 Å². The van der Waals surface area contributed by atoms with Gasteiger partial charge in [0.05, 0.1) is 11.6 Å². The zero-order valence-electron chi connectivity index (χ0n) is 11.5. The van der Waals surface area contributed by atoms with Crippen LogP contribution < -0.4 is 10.6 Å². The molecule has 0 aromatic heterocycles. The van der Waals surface area contributed by atoms with Crippen molar-refractivity contribution in [3.8, 4) is 0 Å². The van der Waals surface area contributed by atoms with E-state index in [1.165, 1.54) is 4.90 Å². The third-order valence-corrected chi connectivity index (χ3v) is 3.84. The van der Waals surface area contributed by atoms with Gasteiger partial charge >= 0.3 is 6.03 Å². The van der Waals surface area contributed by atoms with E-state index < -0.39 is 6.04 Å². The van der Waals surface area contributed by atoms with Gasteiger partial charge in [-0.15, -0.1) is 0 Å². The van der Waals surface area contributed by atoms with Gasteiger partial charge in [-0.25, -0.2) is 4.79 Å². The number of urea groups is 1. The number of rotatable bonds is 2. The summed E-state index contributed by atoms with van der Waals surface area (Å²) in [5.74, 6) is -0.129. The molecule has 0 fully saturated rings. The van der Waals surface area contributed by atoms with E-state index in [9.17, 15) is 9.59 Å². The van der Waals surface area contributed by atoms with E-state index in [1.807, 2.05) is 24.3 Å². The van der Waals surface area contributed by atoms with Crippen LogP contribution in [0.4, 0.5) is 4.79 Å². The first-order valence-corrected chi connectivity index (χ1v) is 6.95. The maximum Gasteiger partial charge on any atom is 0.319 e. The fraction of sp³-hybridized carbons (Fsp3) is 0.286. The van der Waals surface area contributed by atoms with Gasteiger partial charge < -0.3 is 15.5 Å². The van der Waals surface area contributed by atoms with Crippen LogP contribution in [0.1, 0.15) is 18.5 Å². The van der Waals surface area contributed by atoms with Crippen molar-refractivity contribution in [2.75, 3.05) is 14.1 Å². The Morgan fingerprint density at radius 3 is 2.55 bits per heavy atom. The van der Waals surface area contributed by atoms with Gasteiger partial charge in [0.25, 0.3) is 5.91 Å². The summed E-state index contributed by atoms with van der Waals surface area (Å²) in [5, 5.41) is 5.46. The topological polar surface area (TPSA) is 61.4 Å². The molecule has 20 heavy (non-hydrogen) atoms. The Bertz CT molecular complexity index is 596. The van der Waals surface area contributed by atoms with Crippen molar-refractivity contribution in [3.63, 3.8) is 0 Å². The van der Waals surface area contributed by atoms with Gasteiger partial charge in [0, 0.05) is 24.3 Å². The van der Waals surface area contributed by atoms with E-state index in [0.717, 1.165) is 10.0 Å². The quantitative estimate of drug-likeness (QED) is 0.868. The first-order valence-electron chi connectivity index (χ1n) is 6.16. The highest BCUT2D eigenvalue weighted by atomic mass is 79.9. The van der Waals surface area contributed by atoms with Gasteiger partial charge in [-0.1, -0.05) is 34.1 Å². The number of hydrogen-bond donors (Lipinski definition) is 2. The van der Waals surface area contributed by atoms with Gasteiger partial charge in [0.1, 0.15) is 0 Å². The Morgan fingerprint density at radius 1 is 1.30 bits per heavy atom. The van der Waals surface area contributed by atoms with E-state index in [2.05, 4.69) is 26.6 Å². The monoisotopic (exact) mass is 337 g/mol. The summed E-state index contributed by atoms with van der Waals surface area (Å²) in [4.78, 5) is 25.6. The number of amides is 3. The molecule has 0 aliphatic carbocycles. The standard InChI is InChI=1S/C14H16BrN3O2/c1-8-11(13(19)18(2)3)12(17-14(20)16-8)9-6-4-5-7-10(9)15/h4-7,12H,1-3H3,(H2,16,17,20)/t12-/m1/s1. The predicted octanol–water partition coefficient (Wildman–Crippen LogP) is 2.17. The van der Waals surface area contributed by atoms with E-state index in [0.29, 0.717) is 11.3 Å². The largest absolute Gasteiger partial charge is 0.345 e. The lowest BCUT2D eigenvalue weighted by atomic mass is 9.94. The number of allylic oxidation sites excluding steroid dienone is 1. The lowest BCUT2D eigenvalue weighted by Crippen LogP contribution is -2.46. The molecule has 0 saturated carbocycles. The summed E-state index contributed by atoms with van der Waals surface area (Å²) >= 11 is 3.47. The lowest BCUT2D eigenvalue weighted by Gasteiger charge is -2.30. The summed E-state index contributed by atoms with van der Waals surface area (Å²) < 4.78 is 0.851. The molecule has 3 amide bonds. The summed E-state index contributed by atoms with van der Waals surface area (Å²) in [5.41, 5.74) is 1.97. The highest BCUT2D eigenvalue weighted by Crippen LogP contribution is 2.32. The zero-order valence-corrected chi connectivity index (χ0v) is 13.1. The molecule has 2 rings (SSSR count). The van der Waals surface area contributed by atoms with Crippen LogP contribution in [0.3, 0.4) is 0 Å². The van der Waals surface area contributed by atoms with E-state index in [4.69, 9.17) is 0 Å². The summed E-state index contributed by atoms with van der Waals surface area (Å²) in [6.45, 7) is 1.74. The smallest absolute Gasteiger partial charge is 0.319 e. The molecule has 1 heterocycles. The number of carbonyl (C=O) groups excluding carboxylic acids is 2. The normalized spacial score (nSPS) is 18.4. The highest BCUT2D eigenvalue weighted by molar-refractivity contribution is 9.10. The zero-order chi connectivity index (χ0) is 14.9. The second-order valence-electron chi connectivity index (χ2n) is 4.79. The first kappa shape index (κ1) is 14.6. The van der Waals surface area contributed by atoms with Crippen LogP contribution in [0.25, 0.3) is 0 Å². The molecule has 6 heteroatoms. The molecule has 1 aromatic carbocycles. The minimum Gasteiger partial charge on any atom is -0.345 e. The maximum atomic E-state index is 12.4. The Labute approximate surface area is 126 Å². The van der Waals surface area contributed by atoms with E-state index in [1.54, 1.807) is 21.0 Å². The molecular formula is C14H16BrN3O2. The molecule has 0 radical (unpaired) electrons. The molecule has 1 aliphatic rings. The lowest BCUT2D eigenvalue weighted by molar-refractivity contribution is -0.125. The molecule has 5 nitrogen and oxygen atoms in total. The Kier molecular flexibility index (Phi) is 4.13. The fourth-order valence-corrected chi connectivity index (χ4v) is 2.67. The summed E-state index contributed by atoms with van der Waals surface area (Å²) in [7, 11) is 3.38. The molecule has 0 unspecified atom stereocenters. The van der Waals surface area contributed by atoms with Crippen LogP contribution in [0.5, 0.6) is 0 Å². The SMILES string of the molecule is CC1=C(C(=O)N(C)C)[C@@H](c2ccccc2Br)NC(=O)N1. The van der Waals surface area contributed by atoms with Crippen LogP contribution in [0.2, 0.25) is 0 Å². The average molecular weight is 338 g/mol. The van der Waals surface area contributed by atoms with Crippen LogP contribution in [-0.4, -0.2) is 30.9 Å². The third kappa shape index (κ3) is 2.70. The summed E-state index contributed by atoms with van der Waals surface area (Å²) in [6.07, 6.45) is 0. The van der Waals surface area contributed by atoms with Gasteiger partial charge in [0.15, 0.2) is 0 Å². The Morgan fingerprint density at radius 2 is 1.95 bits per heavy atom. The van der Waals surface area contributed by atoms with Gasteiger partial charge in [-0.3, -0.25) is 4.79 Å². The molecular weight excluding hydrogens is 322 g/mol. The molecule has 0 saturated heterocycles. The number of hydrogen-bond acceptors (Lipinski definition) is 2. The minimum atomic E-state index is -0.464. The molecule has 0 bridgehead atoms. The fourth-order valence-electron chi connectivity index (χ4n) is 2.16. The van der Waals surface area contributed by atoms with Crippen LogP contribution in [-0.2, 0) is 4.79 Å². The maximum absolute atomic E-state index is 12.4. The van der Waals surface area contributed by atoms with E-state index in [-0.39, 0.29) is 11.9 Å². The molecule has 106 valence electrons. The minimum absolute atomic E-state index is 0.129. The number of nitrogens with one attached hydrogen (secondary N) is 2. The van der Waals surface area contributed by atoms with Crippen molar-refractivity contribution >= 4 is 27.9 Å². The first-order chi connectivity index (χ1) is 9.41. The molecule has 0 spiro atoms. The van der Waals surface area contributed by atoms with Crippen LogP contribution in [0.15, 0.2) is 40.0 Å². The Hall–Kier alpha value is -1.82. The second kappa shape index (κ2) is 5.66. The van der Waals surface area contributed by atoms with Crippen molar-refractivity contribution in [1.29, 1.82) is 0 Å². The predicted molar refractivity (Wildman–Crippen MR) is 79.9 cm³/mol. The van der Waals surface area contributed by atoms with Crippen molar-refractivity contribution < 1.29 is 9.59 Å². The third-order valence-electron chi connectivity index (χ3n) is 3.12. The van der Waals surface area contributed by atoms with Gasteiger partial charge in [-0.05, 0) is 18.6 Å². The van der Waals surface area contributed by atoms with Crippen molar-refractivity contribution in [3.05, 3.63) is 45.6 Å². The van der Waals surface area contributed by atoms with Crippen molar-refractivity contribution in [1.82, 2.24) is 15.5 Å². The number of likely N-dealkylation sites (N-methyl/N-ethyl adjacent to an activating group) is 1. The number of halogens is 1. The van der Waals surface area contributed by atoms with Gasteiger partial charge in [-0.2, -0.15) is 0 Å². The van der Waals surface area contributed by atoms with Crippen LogP contribution >= 0.6 is 15.9 Å².